The normalized spacial score (nSPS) is 32.8. The van der Waals surface area contributed by atoms with Gasteiger partial charge in [0.2, 0.25) is 0 Å². The summed E-state index contributed by atoms with van der Waals surface area (Å²) in [5, 5.41) is 0.537. The van der Waals surface area contributed by atoms with Crippen LogP contribution in [0.1, 0.15) is 40.0 Å². The summed E-state index contributed by atoms with van der Waals surface area (Å²) in [5.74, 6) is 6.55. The summed E-state index contributed by atoms with van der Waals surface area (Å²) in [6.07, 6.45) is 2.58. The Morgan fingerprint density at radius 1 is 0.600 bits per heavy atom. The summed E-state index contributed by atoms with van der Waals surface area (Å²) in [4.78, 5) is 4.60. The predicted molar refractivity (Wildman–Crippen MR) is 197 cm³/mol. The molecule has 2 fully saturated rings. The lowest BCUT2D eigenvalue weighted by molar-refractivity contribution is -0.0949. The smallest absolute Gasteiger partial charge is 0.181 e. The number of thioether (sulfide) groups is 3. The Morgan fingerprint density at radius 3 is 1.90 bits per heavy atom. The van der Waals surface area contributed by atoms with Crippen LogP contribution in [0.5, 0.6) is 23.0 Å². The third kappa shape index (κ3) is 5.09. The van der Waals surface area contributed by atoms with Crippen LogP contribution in [0.15, 0.2) is 32.7 Å². The quantitative estimate of drug-likeness (QED) is 0.348. The lowest BCUT2D eigenvalue weighted by Crippen LogP contribution is -2.37. The van der Waals surface area contributed by atoms with E-state index in [1.54, 1.807) is 34.4 Å². The molecule has 2 aromatic rings. The fraction of sp³-hybridized carbons (Fsp3) is 0.556. The van der Waals surface area contributed by atoms with E-state index in [-0.39, 0.29) is 17.5 Å². The summed E-state index contributed by atoms with van der Waals surface area (Å²) in [5.41, 5.74) is 1.33. The molecule has 2 aromatic heterocycles. The van der Waals surface area contributed by atoms with Crippen molar-refractivity contribution < 1.29 is 42.6 Å². The molecule has 0 aromatic carbocycles. The average molecular weight is 775 g/mol. The lowest BCUT2D eigenvalue weighted by Gasteiger charge is -2.27. The highest BCUT2D eigenvalue weighted by Crippen LogP contribution is 2.57. The Bertz CT molecular complexity index is 2080. The van der Waals surface area contributed by atoms with Crippen molar-refractivity contribution in [1.29, 1.82) is 0 Å². The zero-order valence-electron chi connectivity index (χ0n) is 28.1. The first kappa shape index (κ1) is 32.6. The molecule has 4 atom stereocenters. The molecule has 9 nitrogen and oxygen atoms in total. The van der Waals surface area contributed by atoms with E-state index in [9.17, 15) is 0 Å². The third-order valence-electron chi connectivity index (χ3n) is 9.80. The van der Waals surface area contributed by atoms with Gasteiger partial charge in [0.1, 0.15) is 57.6 Å². The molecule has 10 heterocycles. The van der Waals surface area contributed by atoms with Crippen LogP contribution < -0.4 is 28.0 Å². The highest BCUT2D eigenvalue weighted by molar-refractivity contribution is 8.13. The Balaban J connectivity index is 1.20. The van der Waals surface area contributed by atoms with Crippen molar-refractivity contribution in [3.05, 3.63) is 50.8 Å². The van der Waals surface area contributed by atoms with Crippen molar-refractivity contribution in [2.75, 3.05) is 59.5 Å². The minimum absolute atomic E-state index is 0.204. The van der Waals surface area contributed by atoms with E-state index in [0.717, 1.165) is 99.0 Å². The van der Waals surface area contributed by atoms with E-state index in [4.69, 9.17) is 42.6 Å². The predicted octanol–water partition coefficient (Wildman–Crippen LogP) is 6.22. The summed E-state index contributed by atoms with van der Waals surface area (Å²) in [6, 6.07) is 0. The van der Waals surface area contributed by atoms with Crippen molar-refractivity contribution in [2.24, 2.45) is 5.92 Å². The topological polar surface area (TPSA) is 83.1 Å². The van der Waals surface area contributed by atoms with Crippen LogP contribution in [-0.4, -0.2) is 82.2 Å². The first-order valence-electron chi connectivity index (χ1n) is 17.5. The van der Waals surface area contributed by atoms with Gasteiger partial charge in [-0.1, -0.05) is 32.5 Å². The highest BCUT2D eigenvalue weighted by atomic mass is 32.2. The molecule has 2 saturated heterocycles. The van der Waals surface area contributed by atoms with Crippen molar-refractivity contribution in [2.45, 2.75) is 62.7 Å². The molecular formula is C36H38O9S5. The minimum atomic E-state index is -0.259. The molecule has 0 amide bonds. The molecule has 14 heteroatoms. The standard InChI is InChI=1S/C36H38O9S5/c1-4-18-19-17(6-5-7-37-19)29(46-18)30-22-23(41-11-10-40-22)33(48-30)34-26-27(45-15-14-44-26)36(50-34)35-25-24(42-12-13-43-25)32(49-35)31-21-20(38-8-9-39-21)28(47-31)16(2)3/h16,18,24-25,28H,4-15H2,1-3H3/b30-29+,32-31+,34-33+,36-35+. The first-order valence-corrected chi connectivity index (χ1v) is 21.8. The average Bonchev–Trinajstić information content (AvgIpc) is 3.97. The molecule has 0 aliphatic carbocycles. The van der Waals surface area contributed by atoms with E-state index >= 15 is 0 Å². The number of fused-ring (bicyclic) bond motifs is 3. The van der Waals surface area contributed by atoms with E-state index in [2.05, 4.69) is 20.8 Å². The van der Waals surface area contributed by atoms with Crippen LogP contribution in [0.2, 0.25) is 0 Å². The molecule has 0 radical (unpaired) electrons. The summed E-state index contributed by atoms with van der Waals surface area (Å²) >= 11 is 8.91. The third-order valence-corrected chi connectivity index (χ3v) is 17.2. The molecule has 0 saturated carbocycles. The minimum Gasteiger partial charge on any atom is -0.496 e. The lowest BCUT2D eigenvalue weighted by atomic mass is 10.0. The summed E-state index contributed by atoms with van der Waals surface area (Å²) < 4.78 is 61.8. The van der Waals surface area contributed by atoms with E-state index in [1.807, 2.05) is 23.5 Å². The van der Waals surface area contributed by atoms with Gasteiger partial charge in [-0.25, -0.2) is 0 Å². The Labute approximate surface area is 310 Å². The van der Waals surface area contributed by atoms with Crippen LogP contribution >= 0.6 is 58.0 Å². The van der Waals surface area contributed by atoms with Crippen molar-refractivity contribution in [3.8, 4) is 23.0 Å². The number of thiophene rings is 2. The number of ether oxygens (including phenoxy) is 9. The van der Waals surface area contributed by atoms with Gasteiger partial charge in [-0.15, -0.1) is 46.2 Å². The van der Waals surface area contributed by atoms with Gasteiger partial charge in [0.05, 0.1) is 53.4 Å². The van der Waals surface area contributed by atoms with Crippen LogP contribution in [-0.2, 0) is 23.7 Å². The maximum Gasteiger partial charge on any atom is 0.181 e. The Kier molecular flexibility index (Phi) is 8.53. The van der Waals surface area contributed by atoms with E-state index in [0.29, 0.717) is 64.0 Å². The number of hydrogen-bond acceptors (Lipinski definition) is 14. The fourth-order valence-corrected chi connectivity index (χ4v) is 14.7. The molecule has 4 unspecified atom stereocenters. The van der Waals surface area contributed by atoms with Crippen molar-refractivity contribution in [1.82, 2.24) is 0 Å². The van der Waals surface area contributed by atoms with Crippen LogP contribution in [0.4, 0.5) is 0 Å². The van der Waals surface area contributed by atoms with Gasteiger partial charge in [0, 0.05) is 20.3 Å². The second kappa shape index (κ2) is 13.1. The zero-order valence-corrected chi connectivity index (χ0v) is 32.2. The van der Waals surface area contributed by atoms with Gasteiger partial charge < -0.3 is 42.6 Å². The van der Waals surface area contributed by atoms with Crippen molar-refractivity contribution in [3.63, 3.8) is 0 Å². The fourth-order valence-electron chi connectivity index (χ4n) is 7.59. The molecule has 50 heavy (non-hydrogen) atoms. The van der Waals surface area contributed by atoms with Gasteiger partial charge in [0.25, 0.3) is 0 Å². The Hall–Kier alpha value is -2.07. The highest BCUT2D eigenvalue weighted by Gasteiger charge is 2.48. The van der Waals surface area contributed by atoms with Crippen LogP contribution in [0, 0.1) is 15.0 Å². The van der Waals surface area contributed by atoms with E-state index in [1.165, 1.54) is 10.5 Å². The van der Waals surface area contributed by atoms with Gasteiger partial charge >= 0.3 is 0 Å². The maximum absolute atomic E-state index is 6.54. The zero-order chi connectivity index (χ0) is 33.5. The maximum atomic E-state index is 6.54. The monoisotopic (exact) mass is 774 g/mol. The Morgan fingerprint density at radius 2 is 1.20 bits per heavy atom. The molecule has 266 valence electrons. The van der Waals surface area contributed by atoms with Gasteiger partial charge in [0.15, 0.2) is 34.5 Å². The number of hydrogen-bond donors (Lipinski definition) is 0. The second-order valence-corrected chi connectivity index (χ2v) is 18.8. The molecule has 0 bridgehead atoms. The van der Waals surface area contributed by atoms with Gasteiger partial charge in [-0.05, 0) is 25.2 Å². The number of rotatable bonds is 2. The van der Waals surface area contributed by atoms with Gasteiger partial charge in [-0.3, -0.25) is 0 Å². The molecule has 8 aliphatic rings. The first-order chi connectivity index (χ1) is 24.6. The summed E-state index contributed by atoms with van der Waals surface area (Å²) in [6.45, 7) is 11.7. The molecular weight excluding hydrogens is 737 g/mol. The molecule has 8 aliphatic heterocycles. The second-order valence-electron chi connectivity index (χ2n) is 13.3. The molecule has 0 spiro atoms. The largest absolute Gasteiger partial charge is 0.496 e. The molecule has 0 N–H and O–H groups in total. The van der Waals surface area contributed by atoms with E-state index < -0.39 is 0 Å². The van der Waals surface area contributed by atoms with Crippen molar-refractivity contribution >= 4 is 67.8 Å². The van der Waals surface area contributed by atoms with Crippen LogP contribution in [0.25, 0.3) is 9.81 Å². The summed E-state index contributed by atoms with van der Waals surface area (Å²) in [7, 11) is 0. The molecule has 10 rings (SSSR count). The van der Waals surface area contributed by atoms with Crippen LogP contribution in [0.3, 0.4) is 0 Å². The van der Waals surface area contributed by atoms with Gasteiger partial charge in [-0.2, -0.15) is 0 Å². The SMILES string of the molecule is CCC1S/C(=c2/s/c(=c3/s/c(=C4/S/C(=C5/SC(C(C)C)C6=C5OCCO6)C5OCCOC45)c4c3OCCO4)c3c2OCCO3)C2=C1OCCC2.